The predicted octanol–water partition coefficient (Wildman–Crippen LogP) is 3.10. The maximum atomic E-state index is 13.0. The average Bonchev–Trinajstić information content (AvgIpc) is 2.74. The third kappa shape index (κ3) is 4.16. The van der Waals surface area contributed by atoms with Crippen LogP contribution in [0.4, 0.5) is 0 Å². The molecule has 1 aromatic heterocycles. The van der Waals surface area contributed by atoms with Crippen LogP contribution in [0.5, 0.6) is 0 Å². The van der Waals surface area contributed by atoms with Gasteiger partial charge in [0.25, 0.3) is 11.5 Å². The fourth-order valence-electron chi connectivity index (χ4n) is 3.54. The fourth-order valence-corrected chi connectivity index (χ4v) is 3.54. The molecule has 0 N–H and O–H groups in total. The highest BCUT2D eigenvalue weighted by Crippen LogP contribution is 2.12. The van der Waals surface area contributed by atoms with Crippen LogP contribution in [0.1, 0.15) is 42.6 Å². The molecule has 0 spiro atoms. The summed E-state index contributed by atoms with van der Waals surface area (Å²) >= 11 is 0. The van der Waals surface area contributed by atoms with Gasteiger partial charge in [0.1, 0.15) is 0 Å². The van der Waals surface area contributed by atoms with E-state index in [4.69, 9.17) is 0 Å². The SMILES string of the molecule is CCCN(C)C(=O)c1ccc(Cn2c(=O)n(CCC)c(=O)c3ccccc32)cc1. The van der Waals surface area contributed by atoms with Gasteiger partial charge in [-0.15, -0.1) is 0 Å². The largest absolute Gasteiger partial charge is 0.342 e. The van der Waals surface area contributed by atoms with E-state index in [0.717, 1.165) is 12.0 Å². The van der Waals surface area contributed by atoms with Crippen LogP contribution >= 0.6 is 0 Å². The minimum absolute atomic E-state index is 0.0162. The van der Waals surface area contributed by atoms with E-state index in [2.05, 4.69) is 0 Å². The topological polar surface area (TPSA) is 64.3 Å². The molecule has 6 heteroatoms. The summed E-state index contributed by atoms with van der Waals surface area (Å²) in [7, 11) is 1.79. The highest BCUT2D eigenvalue weighted by molar-refractivity contribution is 5.94. The summed E-state index contributed by atoms with van der Waals surface area (Å²) in [6.07, 6.45) is 1.61. The van der Waals surface area contributed by atoms with Crippen LogP contribution in [0.3, 0.4) is 0 Å². The molecule has 0 atom stereocenters. The van der Waals surface area contributed by atoms with Crippen LogP contribution in [0.25, 0.3) is 10.9 Å². The van der Waals surface area contributed by atoms with E-state index in [1.165, 1.54) is 4.57 Å². The van der Waals surface area contributed by atoms with E-state index >= 15 is 0 Å². The lowest BCUT2D eigenvalue weighted by Crippen LogP contribution is -2.40. The minimum Gasteiger partial charge on any atom is -0.342 e. The van der Waals surface area contributed by atoms with Crippen molar-refractivity contribution in [1.82, 2.24) is 14.0 Å². The molecule has 0 bridgehead atoms. The Morgan fingerprint density at radius 1 is 0.931 bits per heavy atom. The number of hydrogen-bond donors (Lipinski definition) is 0. The van der Waals surface area contributed by atoms with Gasteiger partial charge in [0.05, 0.1) is 17.4 Å². The Balaban J connectivity index is 1.99. The molecule has 0 radical (unpaired) electrons. The second kappa shape index (κ2) is 8.90. The van der Waals surface area contributed by atoms with Gasteiger partial charge in [-0.2, -0.15) is 0 Å². The molecule has 0 aliphatic rings. The summed E-state index contributed by atoms with van der Waals surface area (Å²) in [5.74, 6) is -0.0162. The van der Waals surface area contributed by atoms with E-state index in [9.17, 15) is 14.4 Å². The molecule has 0 fully saturated rings. The third-order valence-corrected chi connectivity index (χ3v) is 5.03. The molecule has 1 heterocycles. The van der Waals surface area contributed by atoms with Crippen LogP contribution in [-0.2, 0) is 13.1 Å². The van der Waals surface area contributed by atoms with Crippen molar-refractivity contribution in [2.75, 3.05) is 13.6 Å². The summed E-state index contributed by atoms with van der Waals surface area (Å²) < 4.78 is 2.94. The summed E-state index contributed by atoms with van der Waals surface area (Å²) in [5, 5.41) is 0.536. The van der Waals surface area contributed by atoms with E-state index < -0.39 is 0 Å². The van der Waals surface area contributed by atoms with Gasteiger partial charge in [-0.25, -0.2) is 4.79 Å². The van der Waals surface area contributed by atoms with Crippen LogP contribution < -0.4 is 11.2 Å². The van der Waals surface area contributed by atoms with Crippen molar-refractivity contribution in [3.8, 4) is 0 Å². The Labute approximate surface area is 170 Å². The lowest BCUT2D eigenvalue weighted by atomic mass is 10.1. The molecule has 0 aliphatic heterocycles. The second-order valence-electron chi connectivity index (χ2n) is 7.27. The molecule has 1 amide bonds. The molecule has 3 rings (SSSR count). The summed E-state index contributed by atoms with van der Waals surface area (Å²) in [6.45, 7) is 5.41. The van der Waals surface area contributed by atoms with Gasteiger partial charge >= 0.3 is 5.69 Å². The molecule has 3 aromatic rings. The lowest BCUT2D eigenvalue weighted by Gasteiger charge is -2.17. The quantitative estimate of drug-likeness (QED) is 0.620. The van der Waals surface area contributed by atoms with Gasteiger partial charge < -0.3 is 4.90 Å². The number of hydrogen-bond acceptors (Lipinski definition) is 3. The zero-order valence-electron chi connectivity index (χ0n) is 17.2. The number of para-hydroxylation sites is 1. The van der Waals surface area contributed by atoms with Crippen molar-refractivity contribution in [2.24, 2.45) is 0 Å². The molecular weight excluding hydrogens is 366 g/mol. The minimum atomic E-state index is -0.307. The highest BCUT2D eigenvalue weighted by Gasteiger charge is 2.14. The maximum Gasteiger partial charge on any atom is 0.331 e. The standard InChI is InChI=1S/C23H27N3O3/c1-4-14-24(3)21(27)18-12-10-17(11-13-18)16-26-20-9-7-6-8-19(20)22(28)25(15-5-2)23(26)29/h6-13H,4-5,14-16H2,1-3H3. The van der Waals surface area contributed by atoms with E-state index in [0.29, 0.717) is 42.5 Å². The number of benzene rings is 2. The molecule has 152 valence electrons. The van der Waals surface area contributed by atoms with Crippen LogP contribution in [-0.4, -0.2) is 33.5 Å². The number of nitrogens with zero attached hydrogens (tertiary/aromatic N) is 3. The zero-order valence-corrected chi connectivity index (χ0v) is 17.2. The molecule has 0 aliphatic carbocycles. The van der Waals surface area contributed by atoms with Crippen LogP contribution in [0.15, 0.2) is 58.1 Å². The monoisotopic (exact) mass is 393 g/mol. The normalized spacial score (nSPS) is 11.0. The lowest BCUT2D eigenvalue weighted by molar-refractivity contribution is 0.0795. The van der Waals surface area contributed by atoms with Gasteiger partial charge in [0.15, 0.2) is 0 Å². The first-order valence-electron chi connectivity index (χ1n) is 10.0. The van der Waals surface area contributed by atoms with Crippen molar-refractivity contribution < 1.29 is 4.79 Å². The smallest absolute Gasteiger partial charge is 0.331 e. The predicted molar refractivity (Wildman–Crippen MR) is 116 cm³/mol. The van der Waals surface area contributed by atoms with Gasteiger partial charge in [-0.3, -0.25) is 18.7 Å². The zero-order chi connectivity index (χ0) is 21.0. The Morgan fingerprint density at radius 2 is 1.62 bits per heavy atom. The van der Waals surface area contributed by atoms with E-state index in [-0.39, 0.29) is 17.2 Å². The Morgan fingerprint density at radius 3 is 2.28 bits per heavy atom. The molecule has 2 aromatic carbocycles. The number of carbonyl (C=O) groups is 1. The number of aromatic nitrogens is 2. The van der Waals surface area contributed by atoms with Crippen LogP contribution in [0, 0.1) is 0 Å². The number of rotatable bonds is 7. The van der Waals surface area contributed by atoms with Crippen molar-refractivity contribution in [3.05, 3.63) is 80.5 Å². The van der Waals surface area contributed by atoms with Crippen LogP contribution in [0.2, 0.25) is 0 Å². The molecular formula is C23H27N3O3. The third-order valence-electron chi connectivity index (χ3n) is 5.03. The first-order valence-corrected chi connectivity index (χ1v) is 10.0. The van der Waals surface area contributed by atoms with Gasteiger partial charge in [0.2, 0.25) is 0 Å². The maximum absolute atomic E-state index is 13.0. The van der Waals surface area contributed by atoms with Crippen molar-refractivity contribution in [2.45, 2.75) is 39.8 Å². The number of carbonyl (C=O) groups excluding carboxylic acids is 1. The van der Waals surface area contributed by atoms with Gasteiger partial charge in [-0.05, 0) is 42.7 Å². The highest BCUT2D eigenvalue weighted by atomic mass is 16.2. The van der Waals surface area contributed by atoms with Crippen molar-refractivity contribution >= 4 is 16.8 Å². The molecule has 6 nitrogen and oxygen atoms in total. The van der Waals surface area contributed by atoms with Gasteiger partial charge in [-0.1, -0.05) is 38.1 Å². The Hall–Kier alpha value is -3.15. The molecule has 29 heavy (non-hydrogen) atoms. The fraction of sp³-hybridized carbons (Fsp3) is 0.348. The van der Waals surface area contributed by atoms with E-state index in [1.807, 2.05) is 38.1 Å². The molecule has 0 saturated heterocycles. The van der Waals surface area contributed by atoms with E-state index in [1.54, 1.807) is 40.8 Å². The summed E-state index contributed by atoms with van der Waals surface area (Å²) in [5.41, 5.74) is 1.59. The Kier molecular flexibility index (Phi) is 6.32. The summed E-state index contributed by atoms with van der Waals surface area (Å²) in [6, 6.07) is 14.5. The van der Waals surface area contributed by atoms with Gasteiger partial charge in [0, 0.05) is 25.7 Å². The average molecular weight is 393 g/mol. The number of amides is 1. The second-order valence-corrected chi connectivity index (χ2v) is 7.27. The molecule has 0 saturated carbocycles. The number of fused-ring (bicyclic) bond motifs is 1. The molecule has 0 unspecified atom stereocenters. The summed E-state index contributed by atoms with van der Waals surface area (Å²) in [4.78, 5) is 39.8. The first kappa shape index (κ1) is 20.6. The first-order chi connectivity index (χ1) is 14.0. The van der Waals surface area contributed by atoms with Crippen molar-refractivity contribution in [3.63, 3.8) is 0 Å². The van der Waals surface area contributed by atoms with Crippen molar-refractivity contribution in [1.29, 1.82) is 0 Å². The Bertz CT molecular complexity index is 1130.